The summed E-state index contributed by atoms with van der Waals surface area (Å²) in [5, 5.41) is 17.9. The lowest BCUT2D eigenvalue weighted by Gasteiger charge is -2.22. The minimum Gasteiger partial charge on any atom is -0.388 e. The zero-order chi connectivity index (χ0) is 25.3. The van der Waals surface area contributed by atoms with Gasteiger partial charge in [-0.15, -0.1) is 5.10 Å². The van der Waals surface area contributed by atoms with E-state index in [-0.39, 0.29) is 29.1 Å². The number of carbonyl (C=O) groups is 1. The molecule has 0 saturated heterocycles. The van der Waals surface area contributed by atoms with Crippen LogP contribution in [0.25, 0.3) is 16.8 Å². The van der Waals surface area contributed by atoms with Crippen LogP contribution in [0.5, 0.6) is 0 Å². The number of rotatable bonds is 7. The fourth-order valence-electron chi connectivity index (χ4n) is 3.91. The molecule has 2 aromatic carbocycles. The molecule has 0 aliphatic carbocycles. The molecule has 0 bridgehead atoms. The third kappa shape index (κ3) is 5.11. The number of anilines is 1. The number of nitrogens with zero attached hydrogens (tertiary/aromatic N) is 3. The number of aliphatic hydroxyl groups is 1. The molecule has 7 nitrogen and oxygen atoms in total. The van der Waals surface area contributed by atoms with Gasteiger partial charge in [0.2, 0.25) is 5.95 Å². The zero-order valence-electron chi connectivity index (χ0n) is 19.1. The Morgan fingerprint density at radius 2 is 1.91 bits per heavy atom. The van der Waals surface area contributed by atoms with Crippen LogP contribution >= 0.6 is 11.6 Å². The maximum atomic E-state index is 14.9. The number of aliphatic hydroxyl groups excluding tert-OH is 1. The molecule has 0 radical (unpaired) electrons. The Morgan fingerprint density at radius 3 is 2.60 bits per heavy atom. The Kier molecular flexibility index (Phi) is 7.00. The van der Waals surface area contributed by atoms with Crippen molar-refractivity contribution < 1.29 is 18.7 Å². The van der Waals surface area contributed by atoms with Crippen molar-refractivity contribution >= 4 is 29.1 Å². The summed E-state index contributed by atoms with van der Waals surface area (Å²) in [4.78, 5) is 17.2. The first-order chi connectivity index (χ1) is 16.7. The third-order valence-corrected chi connectivity index (χ3v) is 6.20. The molecule has 0 fully saturated rings. The lowest BCUT2D eigenvalue weighted by atomic mass is 9.97. The van der Waals surface area contributed by atoms with E-state index in [0.29, 0.717) is 28.2 Å². The van der Waals surface area contributed by atoms with E-state index in [1.807, 2.05) is 6.92 Å². The Hall–Kier alpha value is -3.56. The van der Waals surface area contributed by atoms with Gasteiger partial charge < -0.3 is 16.2 Å². The van der Waals surface area contributed by atoms with Crippen LogP contribution in [0, 0.1) is 18.6 Å². The van der Waals surface area contributed by atoms with Crippen LogP contribution in [0.1, 0.15) is 47.4 Å². The molecule has 35 heavy (non-hydrogen) atoms. The van der Waals surface area contributed by atoms with Crippen LogP contribution in [0.3, 0.4) is 0 Å². The van der Waals surface area contributed by atoms with Crippen molar-refractivity contribution in [1.29, 1.82) is 0 Å². The van der Waals surface area contributed by atoms with E-state index in [1.165, 1.54) is 35.8 Å². The van der Waals surface area contributed by atoms with Crippen molar-refractivity contribution in [2.45, 2.75) is 38.8 Å². The summed E-state index contributed by atoms with van der Waals surface area (Å²) in [6, 6.07) is 10.7. The van der Waals surface area contributed by atoms with Crippen molar-refractivity contribution in [1.82, 2.24) is 19.9 Å². The summed E-state index contributed by atoms with van der Waals surface area (Å²) in [6.45, 7) is 3.21. The third-order valence-electron chi connectivity index (χ3n) is 5.95. The smallest absolute Gasteiger partial charge is 0.251 e. The molecule has 1 amide bonds. The maximum Gasteiger partial charge on any atom is 0.251 e. The topological polar surface area (TPSA) is 106 Å². The van der Waals surface area contributed by atoms with Gasteiger partial charge in [0.05, 0.1) is 6.10 Å². The number of nitrogen functional groups attached to an aromatic ring is 1. The second-order valence-electron chi connectivity index (χ2n) is 8.29. The van der Waals surface area contributed by atoms with Gasteiger partial charge in [0.1, 0.15) is 0 Å². The molecule has 4 rings (SSSR count). The molecule has 182 valence electrons. The van der Waals surface area contributed by atoms with Crippen LogP contribution in [-0.4, -0.2) is 31.7 Å². The number of fused-ring (bicyclic) bond motifs is 1. The molecular formula is C25H24ClF2N5O2. The number of pyridine rings is 1. The van der Waals surface area contributed by atoms with Crippen LogP contribution < -0.4 is 11.1 Å². The minimum atomic E-state index is -1.11. The number of hydrogen-bond donors (Lipinski definition) is 3. The standard InChI is InChI=1S/C25H24ClF2N5O2/c1-3-17(11-20(34)14-4-6-16(26)7-5-14)30-24(35)18-12-19(23(28)22(27)13(18)2)15-8-9-33-21(10-15)31-25(29)32-33/h4-10,12,17,20,34H,3,11H2,1-2H3,(H2,29,32)(H,30,35)/t17-,20+/m1/s1. The number of nitrogens with two attached hydrogens (primary N) is 1. The fourth-order valence-corrected chi connectivity index (χ4v) is 4.04. The lowest BCUT2D eigenvalue weighted by Crippen LogP contribution is -2.36. The van der Waals surface area contributed by atoms with Crippen LogP contribution in [0.2, 0.25) is 5.02 Å². The van der Waals surface area contributed by atoms with Crippen LogP contribution in [0.4, 0.5) is 14.7 Å². The first kappa shape index (κ1) is 24.6. The molecular weight excluding hydrogens is 476 g/mol. The van der Waals surface area contributed by atoms with Gasteiger partial charge in [-0.2, -0.15) is 4.98 Å². The highest BCUT2D eigenvalue weighted by atomic mass is 35.5. The maximum absolute atomic E-state index is 14.9. The Bertz CT molecular complexity index is 1390. The molecule has 0 saturated carbocycles. The zero-order valence-corrected chi connectivity index (χ0v) is 19.9. The highest BCUT2D eigenvalue weighted by Crippen LogP contribution is 2.30. The first-order valence-electron chi connectivity index (χ1n) is 11.0. The molecule has 2 atom stereocenters. The van der Waals surface area contributed by atoms with E-state index in [9.17, 15) is 18.7 Å². The molecule has 4 aromatic rings. The Labute approximate surface area is 205 Å². The van der Waals surface area contributed by atoms with Gasteiger partial charge in [0.15, 0.2) is 17.3 Å². The normalized spacial score (nSPS) is 13.1. The van der Waals surface area contributed by atoms with E-state index in [2.05, 4.69) is 15.4 Å². The molecule has 0 aliphatic rings. The van der Waals surface area contributed by atoms with Crippen molar-refractivity contribution in [3.8, 4) is 11.1 Å². The second kappa shape index (κ2) is 9.97. The Morgan fingerprint density at radius 1 is 1.20 bits per heavy atom. The summed E-state index contributed by atoms with van der Waals surface area (Å²) >= 11 is 5.90. The summed E-state index contributed by atoms with van der Waals surface area (Å²) < 4.78 is 31.1. The van der Waals surface area contributed by atoms with E-state index < -0.39 is 29.7 Å². The van der Waals surface area contributed by atoms with Crippen LogP contribution in [-0.2, 0) is 0 Å². The van der Waals surface area contributed by atoms with Crippen LogP contribution in [0.15, 0.2) is 48.7 Å². The number of nitrogens with one attached hydrogen (secondary N) is 1. The molecule has 10 heteroatoms. The number of halogens is 3. The average Bonchev–Trinajstić information content (AvgIpc) is 3.21. The predicted octanol–water partition coefficient (Wildman–Crippen LogP) is 4.85. The lowest BCUT2D eigenvalue weighted by molar-refractivity contribution is 0.0907. The summed E-state index contributed by atoms with van der Waals surface area (Å²) in [5.74, 6) is -2.70. The highest BCUT2D eigenvalue weighted by molar-refractivity contribution is 6.30. The van der Waals surface area contributed by atoms with Crippen molar-refractivity contribution in [2.24, 2.45) is 0 Å². The van der Waals surface area contributed by atoms with E-state index >= 15 is 0 Å². The average molecular weight is 500 g/mol. The van der Waals surface area contributed by atoms with Gasteiger partial charge in [-0.3, -0.25) is 4.79 Å². The second-order valence-corrected chi connectivity index (χ2v) is 8.73. The van der Waals surface area contributed by atoms with Gasteiger partial charge in [0, 0.05) is 34.0 Å². The largest absolute Gasteiger partial charge is 0.388 e. The monoisotopic (exact) mass is 499 g/mol. The highest BCUT2D eigenvalue weighted by Gasteiger charge is 2.24. The first-order valence-corrected chi connectivity index (χ1v) is 11.4. The van der Waals surface area contributed by atoms with E-state index in [0.717, 1.165) is 0 Å². The molecule has 0 spiro atoms. The van der Waals surface area contributed by atoms with Crippen molar-refractivity contribution in [3.05, 3.63) is 82.0 Å². The quantitative estimate of drug-likeness (QED) is 0.337. The fraction of sp³-hybridized carbons (Fsp3) is 0.240. The minimum absolute atomic E-state index is 0.000753. The molecule has 0 aliphatic heterocycles. The van der Waals surface area contributed by atoms with E-state index in [1.54, 1.807) is 24.3 Å². The summed E-state index contributed by atoms with van der Waals surface area (Å²) in [5.41, 5.74) is 6.75. The van der Waals surface area contributed by atoms with Gasteiger partial charge in [-0.25, -0.2) is 13.3 Å². The van der Waals surface area contributed by atoms with Gasteiger partial charge >= 0.3 is 0 Å². The predicted molar refractivity (Wildman–Crippen MR) is 130 cm³/mol. The van der Waals surface area contributed by atoms with Gasteiger partial charge in [0.25, 0.3) is 5.91 Å². The Balaban J connectivity index is 1.60. The number of benzene rings is 2. The summed E-state index contributed by atoms with van der Waals surface area (Å²) in [7, 11) is 0. The van der Waals surface area contributed by atoms with Crippen molar-refractivity contribution in [2.75, 3.05) is 5.73 Å². The van der Waals surface area contributed by atoms with Crippen molar-refractivity contribution in [3.63, 3.8) is 0 Å². The van der Waals surface area contributed by atoms with Gasteiger partial charge in [-0.05, 0) is 61.2 Å². The number of aromatic nitrogens is 3. The number of amides is 1. The van der Waals surface area contributed by atoms with E-state index in [4.69, 9.17) is 17.3 Å². The molecule has 2 heterocycles. The summed E-state index contributed by atoms with van der Waals surface area (Å²) in [6.07, 6.45) is 1.46. The molecule has 0 unspecified atom stereocenters. The SMILES string of the molecule is CC[C@H](C[C@H](O)c1ccc(Cl)cc1)NC(=O)c1cc(-c2ccn3nc(N)nc3c2)c(F)c(F)c1C. The number of carbonyl (C=O) groups excluding carboxylic acids is 1. The molecule has 4 N–H and O–H groups in total. The molecule has 2 aromatic heterocycles. The number of hydrogen-bond acceptors (Lipinski definition) is 5. The van der Waals surface area contributed by atoms with Gasteiger partial charge in [-0.1, -0.05) is 30.7 Å².